The molecule has 0 amide bonds. The lowest BCUT2D eigenvalue weighted by atomic mass is 10.00. The van der Waals surface area contributed by atoms with E-state index < -0.39 is 11.6 Å². The molecule has 0 radical (unpaired) electrons. The Kier molecular flexibility index (Phi) is 3.08. The molecule has 0 aromatic heterocycles. The van der Waals surface area contributed by atoms with Crippen LogP contribution in [0.1, 0.15) is 5.56 Å². The van der Waals surface area contributed by atoms with Crippen LogP contribution in [-0.4, -0.2) is 0 Å². The molecule has 0 heterocycles. The number of halogens is 3. The number of nitriles is 1. The molecular formula is C13H6ClF2N. The maximum atomic E-state index is 13.2. The average Bonchev–Trinajstić information content (AvgIpc) is 2.32. The second kappa shape index (κ2) is 4.52. The largest absolute Gasteiger partial charge is 0.207 e. The lowest BCUT2D eigenvalue weighted by Gasteiger charge is -2.07. The maximum Gasteiger partial charge on any atom is 0.123 e. The summed E-state index contributed by atoms with van der Waals surface area (Å²) in [7, 11) is 0. The van der Waals surface area contributed by atoms with Gasteiger partial charge in [0.2, 0.25) is 0 Å². The summed E-state index contributed by atoms with van der Waals surface area (Å²) in [6.45, 7) is 0. The molecule has 1 nitrogen and oxygen atoms in total. The van der Waals surface area contributed by atoms with Crippen molar-refractivity contribution in [3.05, 3.63) is 58.6 Å². The van der Waals surface area contributed by atoms with Gasteiger partial charge in [0.25, 0.3) is 0 Å². The summed E-state index contributed by atoms with van der Waals surface area (Å²) in [4.78, 5) is 0. The third-order valence-electron chi connectivity index (χ3n) is 2.32. The number of nitrogens with zero attached hydrogens (tertiary/aromatic N) is 1. The Hall–Kier alpha value is -1.92. The molecule has 0 atom stereocenters. The summed E-state index contributed by atoms with van der Waals surface area (Å²) in [6.07, 6.45) is 0. The Morgan fingerprint density at radius 2 is 1.53 bits per heavy atom. The number of benzene rings is 2. The topological polar surface area (TPSA) is 23.8 Å². The van der Waals surface area contributed by atoms with Crippen LogP contribution in [0.15, 0.2) is 36.4 Å². The lowest BCUT2D eigenvalue weighted by Crippen LogP contribution is -1.88. The molecule has 0 aliphatic carbocycles. The zero-order chi connectivity index (χ0) is 12.4. The van der Waals surface area contributed by atoms with Crippen LogP contribution in [-0.2, 0) is 0 Å². The predicted molar refractivity (Wildman–Crippen MR) is 61.5 cm³/mol. The Morgan fingerprint density at radius 3 is 2.18 bits per heavy atom. The van der Waals surface area contributed by atoms with E-state index in [1.165, 1.54) is 36.4 Å². The molecule has 0 saturated heterocycles. The zero-order valence-electron chi connectivity index (χ0n) is 8.55. The second-order valence-electron chi connectivity index (χ2n) is 3.43. The van der Waals surface area contributed by atoms with Gasteiger partial charge in [0.15, 0.2) is 0 Å². The zero-order valence-corrected chi connectivity index (χ0v) is 9.30. The van der Waals surface area contributed by atoms with E-state index in [1.54, 1.807) is 0 Å². The smallest absolute Gasteiger partial charge is 0.123 e. The van der Waals surface area contributed by atoms with Crippen LogP contribution in [0.25, 0.3) is 11.1 Å². The van der Waals surface area contributed by atoms with E-state index in [0.29, 0.717) is 5.56 Å². The standard InChI is InChI=1S/C13H6ClF2N/c14-13-4-3-10(16)6-12(13)11-5-9(15)2-1-8(11)7-17/h1-6H. The van der Waals surface area contributed by atoms with Gasteiger partial charge in [-0.25, -0.2) is 8.78 Å². The van der Waals surface area contributed by atoms with Crippen LogP contribution in [0, 0.1) is 23.0 Å². The maximum absolute atomic E-state index is 13.2. The quantitative estimate of drug-likeness (QED) is 0.745. The van der Waals surface area contributed by atoms with Gasteiger partial charge >= 0.3 is 0 Å². The molecule has 0 bridgehead atoms. The minimum Gasteiger partial charge on any atom is -0.207 e. The van der Waals surface area contributed by atoms with Crippen molar-refractivity contribution in [3.63, 3.8) is 0 Å². The fourth-order valence-electron chi connectivity index (χ4n) is 1.54. The molecule has 4 heteroatoms. The molecule has 0 aliphatic rings. The normalized spacial score (nSPS) is 10.0. The fraction of sp³-hybridized carbons (Fsp3) is 0. The lowest BCUT2D eigenvalue weighted by molar-refractivity contribution is 0.626. The van der Waals surface area contributed by atoms with E-state index in [2.05, 4.69) is 0 Å². The highest BCUT2D eigenvalue weighted by Gasteiger charge is 2.10. The molecule has 0 unspecified atom stereocenters. The Morgan fingerprint density at radius 1 is 0.941 bits per heavy atom. The molecule has 0 N–H and O–H groups in total. The summed E-state index contributed by atoms with van der Waals surface area (Å²) in [5.74, 6) is -0.989. The van der Waals surface area contributed by atoms with E-state index in [9.17, 15) is 8.78 Å². The van der Waals surface area contributed by atoms with E-state index in [0.717, 1.165) is 0 Å². The van der Waals surface area contributed by atoms with Crippen molar-refractivity contribution >= 4 is 11.6 Å². The van der Waals surface area contributed by atoms with Crippen molar-refractivity contribution in [2.75, 3.05) is 0 Å². The first-order valence-corrected chi connectivity index (χ1v) is 5.14. The summed E-state index contributed by atoms with van der Waals surface area (Å²) in [5.41, 5.74) is 0.846. The third-order valence-corrected chi connectivity index (χ3v) is 2.65. The molecule has 0 spiro atoms. The van der Waals surface area contributed by atoms with E-state index in [-0.39, 0.29) is 16.1 Å². The van der Waals surface area contributed by atoms with E-state index >= 15 is 0 Å². The molecule has 2 aromatic rings. The van der Waals surface area contributed by atoms with E-state index in [1.807, 2.05) is 6.07 Å². The van der Waals surface area contributed by atoms with Crippen LogP contribution >= 0.6 is 11.6 Å². The first-order valence-electron chi connectivity index (χ1n) is 4.77. The molecule has 0 fully saturated rings. The minimum absolute atomic E-state index is 0.249. The van der Waals surface area contributed by atoms with Crippen molar-refractivity contribution in [1.29, 1.82) is 5.26 Å². The highest BCUT2D eigenvalue weighted by molar-refractivity contribution is 6.33. The van der Waals surface area contributed by atoms with Crippen molar-refractivity contribution in [3.8, 4) is 17.2 Å². The molecule has 17 heavy (non-hydrogen) atoms. The highest BCUT2D eigenvalue weighted by Crippen LogP contribution is 2.31. The summed E-state index contributed by atoms with van der Waals surface area (Å²) >= 11 is 5.91. The molecule has 2 rings (SSSR count). The Labute approximate surface area is 102 Å². The van der Waals surface area contributed by atoms with Gasteiger partial charge in [0, 0.05) is 16.1 Å². The van der Waals surface area contributed by atoms with Crippen LogP contribution in [0.5, 0.6) is 0 Å². The van der Waals surface area contributed by atoms with Crippen molar-refractivity contribution in [2.24, 2.45) is 0 Å². The van der Waals surface area contributed by atoms with Crippen molar-refractivity contribution in [1.82, 2.24) is 0 Å². The van der Waals surface area contributed by atoms with Gasteiger partial charge in [-0.2, -0.15) is 5.26 Å². The van der Waals surface area contributed by atoms with Gasteiger partial charge in [-0.1, -0.05) is 11.6 Å². The second-order valence-corrected chi connectivity index (χ2v) is 3.83. The van der Waals surface area contributed by atoms with Crippen LogP contribution in [0.3, 0.4) is 0 Å². The number of hydrogen-bond donors (Lipinski definition) is 0. The van der Waals surface area contributed by atoms with Gasteiger partial charge < -0.3 is 0 Å². The van der Waals surface area contributed by atoms with Gasteiger partial charge in [0.05, 0.1) is 11.6 Å². The number of hydrogen-bond acceptors (Lipinski definition) is 1. The first kappa shape index (κ1) is 11.6. The van der Waals surface area contributed by atoms with Crippen LogP contribution in [0.4, 0.5) is 8.78 Å². The molecule has 84 valence electrons. The summed E-state index contributed by atoms with van der Waals surface area (Å²) in [6, 6.07) is 9.36. The average molecular weight is 250 g/mol. The van der Waals surface area contributed by atoms with Crippen LogP contribution in [0.2, 0.25) is 5.02 Å². The third kappa shape index (κ3) is 2.27. The molecule has 2 aromatic carbocycles. The SMILES string of the molecule is N#Cc1ccc(F)cc1-c1cc(F)ccc1Cl. The molecule has 0 saturated carbocycles. The predicted octanol–water partition coefficient (Wildman–Crippen LogP) is 4.16. The summed E-state index contributed by atoms with van der Waals surface area (Å²) < 4.78 is 26.3. The minimum atomic E-state index is -0.501. The Bertz CT molecular complexity index is 617. The van der Waals surface area contributed by atoms with Gasteiger partial charge in [-0.3, -0.25) is 0 Å². The fourth-order valence-corrected chi connectivity index (χ4v) is 1.76. The van der Waals surface area contributed by atoms with Gasteiger partial charge in [-0.05, 0) is 36.4 Å². The first-order chi connectivity index (χ1) is 8.11. The molecule has 0 aliphatic heterocycles. The van der Waals surface area contributed by atoms with Crippen molar-refractivity contribution in [2.45, 2.75) is 0 Å². The van der Waals surface area contributed by atoms with E-state index in [4.69, 9.17) is 16.9 Å². The van der Waals surface area contributed by atoms with Gasteiger partial charge in [-0.15, -0.1) is 0 Å². The monoisotopic (exact) mass is 249 g/mol. The van der Waals surface area contributed by atoms with Gasteiger partial charge in [0.1, 0.15) is 11.6 Å². The number of rotatable bonds is 1. The molecular weight excluding hydrogens is 244 g/mol. The summed E-state index contributed by atoms with van der Waals surface area (Å²) in [5, 5.41) is 9.19. The highest BCUT2D eigenvalue weighted by atomic mass is 35.5. The van der Waals surface area contributed by atoms with Crippen LogP contribution < -0.4 is 0 Å². The Balaban J connectivity index is 2.72. The van der Waals surface area contributed by atoms with Crippen molar-refractivity contribution < 1.29 is 8.78 Å².